The van der Waals surface area contributed by atoms with E-state index in [0.29, 0.717) is 11.1 Å². The molecule has 0 radical (unpaired) electrons. The summed E-state index contributed by atoms with van der Waals surface area (Å²) in [5.41, 5.74) is 18.5. The second-order valence-corrected chi connectivity index (χ2v) is 21.0. The molecule has 1 aromatic heterocycles. The summed E-state index contributed by atoms with van der Waals surface area (Å²) in [6.45, 7) is 1.33. The Morgan fingerprint density at radius 3 is 1.92 bits per heavy atom. The summed E-state index contributed by atoms with van der Waals surface area (Å²) in [5, 5.41) is 41.8. The van der Waals surface area contributed by atoms with Gasteiger partial charge in [0.05, 0.1) is 5.75 Å². The number of H-pyrrole nitrogens is 1. The standard InChI is InChI=1S/C49H72N16O11S/c1-28(66)59-34(16-9-22-56-48(51)52)42(69)62-36-18-19-40(67)55-21-8-15-33(41(50)68)60-47(74)39(26-30-27-58-32-14-7-6-13-31(30)32)65-43(70)35(17-10-23-57-49(53)54)61-46(73)38(25-29-11-4-3-5-12-29)64-45(72)37(63-44(36)71)20-24-77(2,75)76/h3-7,11-14,27,33-39,58H,8-10,15-26H2,1-2H3,(H2,50,68)(H,55,67)(H,59,66)(H,60,74)(H,61,73)(H,62,69)(H,63,71)(H,64,72)(H,65,70)(H4,51,52,56)(H4,53,54,57)/t33-,34-,35-,36-,37-,38+,39-/m0/s1. The van der Waals surface area contributed by atoms with Crippen LogP contribution in [0.15, 0.2) is 60.8 Å². The molecule has 9 amide bonds. The number of para-hydroxylation sites is 1. The van der Waals surface area contributed by atoms with Gasteiger partial charge in [-0.3, -0.25) is 54.0 Å². The van der Waals surface area contributed by atoms with Gasteiger partial charge in [0.15, 0.2) is 11.9 Å². The Bertz CT molecular complexity index is 2700. The number of carbonyl (C=O) groups is 9. The first-order valence-corrected chi connectivity index (χ1v) is 27.1. The Kier molecular flexibility index (Phi) is 24.1. The lowest BCUT2D eigenvalue weighted by Crippen LogP contribution is -2.60. The average Bonchev–Trinajstić information content (AvgIpc) is 3.78. The van der Waals surface area contributed by atoms with Crippen LogP contribution in [-0.4, -0.2) is 152 Å². The summed E-state index contributed by atoms with van der Waals surface area (Å²) >= 11 is 0. The molecule has 0 spiro atoms. The molecule has 19 N–H and O–H groups in total. The van der Waals surface area contributed by atoms with Crippen molar-refractivity contribution in [2.75, 3.05) is 31.6 Å². The number of aromatic amines is 1. The largest absolute Gasteiger partial charge is 0.370 e. The third kappa shape index (κ3) is 21.8. The number of guanidine groups is 2. The minimum absolute atomic E-state index is 0.0000956. The molecular weight excluding hydrogens is 1020 g/mol. The molecule has 0 aliphatic carbocycles. The van der Waals surface area contributed by atoms with Gasteiger partial charge in [0, 0.05) is 69.2 Å². The lowest BCUT2D eigenvalue weighted by atomic mass is 10.0. The van der Waals surface area contributed by atoms with Crippen molar-refractivity contribution in [2.24, 2.45) is 17.2 Å². The van der Waals surface area contributed by atoms with E-state index in [-0.39, 0.29) is 82.9 Å². The highest BCUT2D eigenvalue weighted by Gasteiger charge is 2.35. The summed E-state index contributed by atoms with van der Waals surface area (Å²) in [4.78, 5) is 128. The van der Waals surface area contributed by atoms with E-state index < -0.39 is 130 Å². The normalized spacial score (nSPS) is 21.1. The summed E-state index contributed by atoms with van der Waals surface area (Å²) < 4.78 is 25.1. The van der Waals surface area contributed by atoms with E-state index in [1.807, 2.05) is 12.1 Å². The van der Waals surface area contributed by atoms with Gasteiger partial charge in [0.1, 0.15) is 52.1 Å². The van der Waals surface area contributed by atoms with Crippen LogP contribution in [0.2, 0.25) is 0 Å². The van der Waals surface area contributed by atoms with Crippen LogP contribution in [-0.2, 0) is 65.8 Å². The molecule has 420 valence electrons. The lowest BCUT2D eigenvalue weighted by molar-refractivity contribution is -0.136. The zero-order chi connectivity index (χ0) is 56.7. The van der Waals surface area contributed by atoms with Crippen molar-refractivity contribution in [1.29, 1.82) is 10.8 Å². The summed E-state index contributed by atoms with van der Waals surface area (Å²) in [6, 6.07) is 5.45. The molecule has 1 aliphatic rings. The van der Waals surface area contributed by atoms with Gasteiger partial charge < -0.3 is 75.4 Å². The number of rotatable bonds is 19. The van der Waals surface area contributed by atoms with E-state index in [1.165, 1.54) is 6.92 Å². The fraction of sp³-hybridized carbons (Fsp3) is 0.490. The van der Waals surface area contributed by atoms with E-state index in [9.17, 15) is 51.6 Å². The van der Waals surface area contributed by atoms with Crippen LogP contribution >= 0.6 is 0 Å². The van der Waals surface area contributed by atoms with Gasteiger partial charge >= 0.3 is 0 Å². The first-order chi connectivity index (χ1) is 36.5. The number of nitrogens with one attached hydrogen (secondary N) is 13. The van der Waals surface area contributed by atoms with Crippen LogP contribution in [0.4, 0.5) is 0 Å². The maximum atomic E-state index is 14.6. The molecule has 0 bridgehead atoms. The predicted octanol–water partition coefficient (Wildman–Crippen LogP) is -3.50. The number of hydrogen-bond acceptors (Lipinski definition) is 13. The second-order valence-electron chi connectivity index (χ2n) is 18.7. The van der Waals surface area contributed by atoms with Crippen molar-refractivity contribution >= 4 is 85.8 Å². The van der Waals surface area contributed by atoms with Crippen molar-refractivity contribution < 1.29 is 51.6 Å². The Balaban J connectivity index is 1.79. The maximum absolute atomic E-state index is 14.6. The van der Waals surface area contributed by atoms with Gasteiger partial charge in [-0.25, -0.2) is 8.42 Å². The Labute approximate surface area is 445 Å². The quantitative estimate of drug-likeness (QED) is 0.0315. The van der Waals surface area contributed by atoms with E-state index in [2.05, 4.69) is 58.2 Å². The van der Waals surface area contributed by atoms with Gasteiger partial charge in [0.2, 0.25) is 53.2 Å². The third-order valence-corrected chi connectivity index (χ3v) is 13.3. The van der Waals surface area contributed by atoms with Crippen LogP contribution in [0.5, 0.6) is 0 Å². The molecule has 1 saturated heterocycles. The minimum atomic E-state index is -3.81. The van der Waals surface area contributed by atoms with Crippen LogP contribution in [0.3, 0.4) is 0 Å². The van der Waals surface area contributed by atoms with Gasteiger partial charge in [0.25, 0.3) is 0 Å². The molecule has 0 unspecified atom stereocenters. The number of sulfone groups is 1. The Hall–Kier alpha value is -8.30. The highest BCUT2D eigenvalue weighted by molar-refractivity contribution is 7.90. The van der Waals surface area contributed by atoms with Crippen LogP contribution in [0.1, 0.15) is 75.8 Å². The molecule has 4 rings (SSSR count). The Morgan fingerprint density at radius 1 is 0.714 bits per heavy atom. The number of nitrogens with two attached hydrogens (primary N) is 3. The first-order valence-electron chi connectivity index (χ1n) is 25.1. The van der Waals surface area contributed by atoms with Crippen LogP contribution in [0.25, 0.3) is 10.9 Å². The molecule has 3 aromatic rings. The average molecular weight is 1090 g/mol. The highest BCUT2D eigenvalue weighted by atomic mass is 32.2. The summed E-state index contributed by atoms with van der Waals surface area (Å²) in [6.07, 6.45) is 1.15. The highest BCUT2D eigenvalue weighted by Crippen LogP contribution is 2.20. The molecule has 1 fully saturated rings. The molecule has 2 aromatic carbocycles. The fourth-order valence-corrected chi connectivity index (χ4v) is 8.98. The van der Waals surface area contributed by atoms with E-state index in [0.717, 1.165) is 17.2 Å². The number of primary amides is 1. The summed E-state index contributed by atoms with van der Waals surface area (Å²) in [5.74, 6) is -9.02. The zero-order valence-electron chi connectivity index (χ0n) is 43.1. The number of hydrogen-bond donors (Lipinski definition) is 16. The van der Waals surface area contributed by atoms with Crippen molar-refractivity contribution in [2.45, 2.75) is 120 Å². The van der Waals surface area contributed by atoms with Crippen molar-refractivity contribution in [3.8, 4) is 0 Å². The number of fused-ring (bicyclic) bond motifs is 1. The third-order valence-electron chi connectivity index (χ3n) is 12.3. The minimum Gasteiger partial charge on any atom is -0.370 e. The molecule has 1 aliphatic heterocycles. The molecule has 7 atom stereocenters. The predicted molar refractivity (Wildman–Crippen MR) is 285 cm³/mol. The van der Waals surface area contributed by atoms with E-state index >= 15 is 0 Å². The smallest absolute Gasteiger partial charge is 0.243 e. The van der Waals surface area contributed by atoms with Crippen LogP contribution in [0, 0.1) is 10.8 Å². The first kappa shape index (κ1) is 61.2. The number of benzene rings is 2. The topological polar surface area (TPSA) is 450 Å². The molecule has 77 heavy (non-hydrogen) atoms. The molecule has 2 heterocycles. The van der Waals surface area contributed by atoms with E-state index in [1.54, 1.807) is 48.7 Å². The number of carbonyl (C=O) groups excluding carboxylic acids is 9. The van der Waals surface area contributed by atoms with Gasteiger partial charge in [-0.05, 0) is 68.6 Å². The Morgan fingerprint density at radius 2 is 1.29 bits per heavy atom. The fourth-order valence-electron chi connectivity index (χ4n) is 8.32. The monoisotopic (exact) mass is 1090 g/mol. The zero-order valence-corrected chi connectivity index (χ0v) is 43.9. The molecular formula is C49H72N16O11S. The lowest BCUT2D eigenvalue weighted by Gasteiger charge is -2.28. The molecule has 27 nitrogen and oxygen atoms in total. The van der Waals surface area contributed by atoms with Gasteiger partial charge in [-0.15, -0.1) is 0 Å². The number of aromatic nitrogens is 1. The van der Waals surface area contributed by atoms with Crippen molar-refractivity contribution in [1.82, 2.24) is 58.2 Å². The number of amides is 9. The maximum Gasteiger partial charge on any atom is 0.243 e. The van der Waals surface area contributed by atoms with Crippen LogP contribution < -0.4 is 70.4 Å². The molecule has 0 saturated carbocycles. The van der Waals surface area contributed by atoms with Crippen molar-refractivity contribution in [3.63, 3.8) is 0 Å². The SMILES string of the molecule is CC(=O)N[C@@H](CCCNC(=N)N)C(=O)N[C@H]1CCC(=O)NCCC[C@@H](C(N)=O)NC(=O)[C@H](Cc2c[nH]c3ccccc23)NC(=O)[C@H](CCCNC(=N)N)NC(=O)[C@@H](Cc2ccccc2)NC(=O)[C@H](CCS(C)(=O)=O)NC1=O. The second kappa shape index (κ2) is 30.3. The van der Waals surface area contributed by atoms with Gasteiger partial charge in [-0.2, -0.15) is 0 Å². The summed E-state index contributed by atoms with van der Waals surface area (Å²) in [7, 11) is -3.81. The van der Waals surface area contributed by atoms with E-state index in [4.69, 9.17) is 28.0 Å². The van der Waals surface area contributed by atoms with Crippen molar-refractivity contribution in [3.05, 3.63) is 71.9 Å². The molecule has 28 heteroatoms. The van der Waals surface area contributed by atoms with Gasteiger partial charge in [-0.1, -0.05) is 48.5 Å².